The summed E-state index contributed by atoms with van der Waals surface area (Å²) >= 11 is 0. The predicted octanol–water partition coefficient (Wildman–Crippen LogP) is 2.53. The summed E-state index contributed by atoms with van der Waals surface area (Å²) in [7, 11) is 3.63. The molecule has 0 spiro atoms. The number of carbonyl (C=O) groups excluding carboxylic acids is 1. The lowest BCUT2D eigenvalue weighted by molar-refractivity contribution is -0.130. The van der Waals surface area contributed by atoms with Crippen molar-refractivity contribution in [3.8, 4) is 0 Å². The summed E-state index contributed by atoms with van der Waals surface area (Å²) in [5.74, 6) is 0.707. The number of hydrogen-bond acceptors (Lipinski definition) is 3. The molecule has 0 saturated carbocycles. The van der Waals surface area contributed by atoms with Crippen LogP contribution >= 0.6 is 0 Å². The van der Waals surface area contributed by atoms with E-state index in [0.717, 1.165) is 31.5 Å². The Labute approximate surface area is 140 Å². The van der Waals surface area contributed by atoms with Crippen LogP contribution in [0.5, 0.6) is 0 Å². The monoisotopic (exact) mass is 318 g/mol. The highest BCUT2D eigenvalue weighted by molar-refractivity contribution is 5.75. The summed E-state index contributed by atoms with van der Waals surface area (Å²) in [5, 5.41) is 10.5. The van der Waals surface area contributed by atoms with Gasteiger partial charge in [0.15, 0.2) is 0 Å². The normalized spacial score (nSPS) is 18.0. The number of piperidine rings is 1. The van der Waals surface area contributed by atoms with E-state index < -0.39 is 6.10 Å². The van der Waals surface area contributed by atoms with E-state index in [1.54, 1.807) is 4.90 Å². The van der Waals surface area contributed by atoms with Crippen molar-refractivity contribution < 1.29 is 9.90 Å². The number of benzene rings is 1. The summed E-state index contributed by atoms with van der Waals surface area (Å²) < 4.78 is 0. The molecular weight excluding hydrogens is 288 g/mol. The molecule has 23 heavy (non-hydrogen) atoms. The largest absolute Gasteiger partial charge is 0.387 e. The first-order valence-electron chi connectivity index (χ1n) is 8.54. The third-order valence-electron chi connectivity index (χ3n) is 4.73. The third kappa shape index (κ3) is 5.33. The molecular formula is C19H30N2O2. The van der Waals surface area contributed by atoms with E-state index in [9.17, 15) is 9.90 Å². The maximum Gasteiger partial charge on any atom is 0.222 e. The molecule has 2 rings (SSSR count). The second-order valence-electron chi connectivity index (χ2n) is 7.17. The Hall–Kier alpha value is -1.39. The van der Waals surface area contributed by atoms with Crippen LogP contribution in [-0.2, 0) is 4.79 Å². The van der Waals surface area contributed by atoms with Gasteiger partial charge in [0.2, 0.25) is 5.91 Å². The number of carbonyl (C=O) groups is 1. The van der Waals surface area contributed by atoms with Crippen LogP contribution in [-0.4, -0.2) is 54.5 Å². The number of amides is 1. The summed E-state index contributed by atoms with van der Waals surface area (Å²) in [4.78, 5) is 15.8. The van der Waals surface area contributed by atoms with Gasteiger partial charge in [-0.2, -0.15) is 0 Å². The summed E-state index contributed by atoms with van der Waals surface area (Å²) in [5.41, 5.74) is 3.40. The molecule has 4 nitrogen and oxygen atoms in total. The minimum absolute atomic E-state index is 0.221. The molecule has 128 valence electrons. The van der Waals surface area contributed by atoms with Crippen molar-refractivity contribution in [2.24, 2.45) is 5.92 Å². The molecule has 0 aromatic heterocycles. The van der Waals surface area contributed by atoms with Gasteiger partial charge in [-0.15, -0.1) is 0 Å². The van der Waals surface area contributed by atoms with Crippen LogP contribution < -0.4 is 0 Å². The molecule has 0 bridgehead atoms. The smallest absolute Gasteiger partial charge is 0.222 e. The van der Waals surface area contributed by atoms with Crippen molar-refractivity contribution in [3.05, 3.63) is 34.9 Å². The Bertz CT molecular complexity index is 514. The zero-order valence-electron chi connectivity index (χ0n) is 14.9. The number of nitrogens with zero attached hydrogens (tertiary/aromatic N) is 2. The van der Waals surface area contributed by atoms with E-state index >= 15 is 0 Å². The number of rotatable bonds is 5. The van der Waals surface area contributed by atoms with E-state index in [0.29, 0.717) is 18.9 Å². The van der Waals surface area contributed by atoms with Crippen molar-refractivity contribution in [1.29, 1.82) is 0 Å². The Morgan fingerprint density at radius 1 is 1.22 bits per heavy atom. The molecule has 1 atom stereocenters. The standard InChI is InChI=1S/C19H30N2O2/c1-14-9-15(2)11-17(10-14)18(22)13-21-7-5-16(6-8-21)12-19(23)20(3)4/h9-11,16,18,22H,5-8,12-13H2,1-4H3. The van der Waals surface area contributed by atoms with Crippen LogP contribution in [0, 0.1) is 19.8 Å². The van der Waals surface area contributed by atoms with E-state index in [1.807, 2.05) is 14.1 Å². The van der Waals surface area contributed by atoms with Crippen LogP contribution in [0.25, 0.3) is 0 Å². The minimum Gasteiger partial charge on any atom is -0.387 e. The first-order valence-corrected chi connectivity index (χ1v) is 8.54. The second kappa shape index (κ2) is 7.93. The number of aliphatic hydroxyl groups excluding tert-OH is 1. The molecule has 1 aliphatic heterocycles. The van der Waals surface area contributed by atoms with Gasteiger partial charge < -0.3 is 14.9 Å². The van der Waals surface area contributed by atoms with Crippen molar-refractivity contribution in [3.63, 3.8) is 0 Å². The van der Waals surface area contributed by atoms with Gasteiger partial charge in [0.25, 0.3) is 0 Å². The Morgan fingerprint density at radius 2 is 1.78 bits per heavy atom. The molecule has 1 N–H and O–H groups in total. The van der Waals surface area contributed by atoms with Gasteiger partial charge in [-0.3, -0.25) is 4.79 Å². The lowest BCUT2D eigenvalue weighted by Gasteiger charge is -2.33. The fourth-order valence-corrected chi connectivity index (χ4v) is 3.35. The maximum absolute atomic E-state index is 11.8. The van der Waals surface area contributed by atoms with Crippen molar-refractivity contribution >= 4 is 5.91 Å². The fourth-order valence-electron chi connectivity index (χ4n) is 3.35. The van der Waals surface area contributed by atoms with Crippen molar-refractivity contribution in [2.75, 3.05) is 33.7 Å². The third-order valence-corrected chi connectivity index (χ3v) is 4.73. The lowest BCUT2D eigenvalue weighted by Crippen LogP contribution is -2.38. The van der Waals surface area contributed by atoms with Gasteiger partial charge >= 0.3 is 0 Å². The SMILES string of the molecule is Cc1cc(C)cc(C(O)CN2CCC(CC(=O)N(C)C)CC2)c1. The summed E-state index contributed by atoms with van der Waals surface area (Å²) in [6, 6.07) is 6.27. The van der Waals surface area contributed by atoms with Crippen molar-refractivity contribution in [2.45, 2.75) is 39.2 Å². The van der Waals surface area contributed by atoms with Gasteiger partial charge in [-0.25, -0.2) is 0 Å². The van der Waals surface area contributed by atoms with E-state index in [1.165, 1.54) is 11.1 Å². The quantitative estimate of drug-likeness (QED) is 0.907. The molecule has 1 unspecified atom stereocenters. The topological polar surface area (TPSA) is 43.8 Å². The van der Waals surface area contributed by atoms with Gasteiger partial charge in [0.05, 0.1) is 6.10 Å². The zero-order chi connectivity index (χ0) is 17.0. The molecule has 1 aromatic carbocycles. The highest BCUT2D eigenvalue weighted by Crippen LogP contribution is 2.24. The fraction of sp³-hybridized carbons (Fsp3) is 0.632. The number of likely N-dealkylation sites (tertiary alicyclic amines) is 1. The van der Waals surface area contributed by atoms with E-state index in [2.05, 4.69) is 36.9 Å². The number of β-amino-alcohol motifs (C(OH)–C–C–N with tert-alkyl or cyclic N) is 1. The predicted molar refractivity (Wildman–Crippen MR) is 93.4 cm³/mol. The van der Waals surface area contributed by atoms with Crippen LogP contribution in [0.2, 0.25) is 0 Å². The van der Waals surface area contributed by atoms with E-state index in [4.69, 9.17) is 0 Å². The first-order chi connectivity index (χ1) is 10.8. The molecule has 1 aromatic rings. The molecule has 4 heteroatoms. The molecule has 1 aliphatic rings. The number of aliphatic hydroxyl groups is 1. The molecule has 1 amide bonds. The van der Waals surface area contributed by atoms with Gasteiger partial charge in [-0.1, -0.05) is 29.3 Å². The average molecular weight is 318 g/mol. The molecule has 1 saturated heterocycles. The Kier molecular flexibility index (Phi) is 6.19. The van der Waals surface area contributed by atoms with E-state index in [-0.39, 0.29) is 5.91 Å². The molecule has 1 heterocycles. The summed E-state index contributed by atoms with van der Waals surface area (Å²) in [6.07, 6.45) is 2.30. The van der Waals surface area contributed by atoms with Crippen molar-refractivity contribution in [1.82, 2.24) is 9.80 Å². The van der Waals surface area contributed by atoms with Crippen LogP contribution in [0.15, 0.2) is 18.2 Å². The molecule has 0 aliphatic carbocycles. The molecule has 0 radical (unpaired) electrons. The first kappa shape index (κ1) is 18.0. The highest BCUT2D eigenvalue weighted by atomic mass is 16.3. The van der Waals surface area contributed by atoms with Gasteiger partial charge in [0, 0.05) is 27.1 Å². The minimum atomic E-state index is -0.437. The molecule has 1 fully saturated rings. The van der Waals surface area contributed by atoms with Crippen LogP contribution in [0.1, 0.15) is 42.1 Å². The lowest BCUT2D eigenvalue weighted by atomic mass is 9.92. The Balaban J connectivity index is 1.83. The highest BCUT2D eigenvalue weighted by Gasteiger charge is 2.23. The second-order valence-corrected chi connectivity index (χ2v) is 7.17. The average Bonchev–Trinajstić information content (AvgIpc) is 2.48. The van der Waals surface area contributed by atoms with Gasteiger partial charge in [0.1, 0.15) is 0 Å². The number of aryl methyl sites for hydroxylation is 2. The summed E-state index contributed by atoms with van der Waals surface area (Å²) in [6.45, 7) is 6.74. The van der Waals surface area contributed by atoms with Crippen LogP contribution in [0.4, 0.5) is 0 Å². The van der Waals surface area contributed by atoms with Crippen LogP contribution in [0.3, 0.4) is 0 Å². The zero-order valence-corrected chi connectivity index (χ0v) is 14.9. The maximum atomic E-state index is 11.8. The number of hydrogen-bond donors (Lipinski definition) is 1. The van der Waals surface area contributed by atoms with Gasteiger partial charge in [-0.05, 0) is 51.3 Å². The Morgan fingerprint density at radius 3 is 2.30 bits per heavy atom.